The van der Waals surface area contributed by atoms with Gasteiger partial charge in [0.05, 0.1) is 11.6 Å². The molecule has 3 nitrogen and oxygen atoms in total. The highest BCUT2D eigenvalue weighted by molar-refractivity contribution is 9.10. The van der Waals surface area contributed by atoms with E-state index in [4.69, 9.17) is 23.1 Å². The van der Waals surface area contributed by atoms with Crippen LogP contribution in [0, 0.1) is 12.3 Å². The molecular formula is C11H9BrClNO2. The summed E-state index contributed by atoms with van der Waals surface area (Å²) in [5.41, 5.74) is 0.596. The van der Waals surface area contributed by atoms with Crippen LogP contribution >= 0.6 is 27.5 Å². The van der Waals surface area contributed by atoms with Crippen LogP contribution in [0.4, 0.5) is 0 Å². The van der Waals surface area contributed by atoms with Crippen LogP contribution < -0.4 is 5.32 Å². The number of hydrogen-bond donors (Lipinski definition) is 2. The van der Waals surface area contributed by atoms with Crippen LogP contribution in [-0.2, 0) is 4.79 Å². The smallest absolute Gasteiger partial charge is 0.325 e. The van der Waals surface area contributed by atoms with Gasteiger partial charge in [-0.15, -0.1) is 6.42 Å². The van der Waals surface area contributed by atoms with Crippen LogP contribution in [0.3, 0.4) is 0 Å². The van der Waals surface area contributed by atoms with Gasteiger partial charge >= 0.3 is 5.97 Å². The number of hydrogen-bond acceptors (Lipinski definition) is 2. The van der Waals surface area contributed by atoms with Crippen molar-refractivity contribution < 1.29 is 9.90 Å². The van der Waals surface area contributed by atoms with Gasteiger partial charge in [0.1, 0.15) is 6.04 Å². The second-order valence-corrected chi connectivity index (χ2v) is 4.29. The van der Waals surface area contributed by atoms with E-state index in [0.29, 0.717) is 15.1 Å². The van der Waals surface area contributed by atoms with Gasteiger partial charge in [-0.25, -0.2) is 0 Å². The highest BCUT2D eigenvalue weighted by Gasteiger charge is 2.19. The molecule has 0 spiro atoms. The van der Waals surface area contributed by atoms with Crippen LogP contribution in [0.15, 0.2) is 22.7 Å². The van der Waals surface area contributed by atoms with E-state index >= 15 is 0 Å². The standard InChI is InChI=1S/C11H9BrClNO2/c1-2-5-14-10(11(15)16)7-3-4-9(13)8(12)6-7/h1,3-4,6,10,14H,5H2,(H,15,16). The molecule has 0 bridgehead atoms. The molecule has 0 radical (unpaired) electrons. The first-order chi connectivity index (χ1) is 7.56. The highest BCUT2D eigenvalue weighted by Crippen LogP contribution is 2.26. The van der Waals surface area contributed by atoms with E-state index in [1.165, 1.54) is 0 Å². The maximum atomic E-state index is 11.0. The van der Waals surface area contributed by atoms with E-state index in [9.17, 15) is 4.79 Å². The second-order valence-electron chi connectivity index (χ2n) is 3.03. The van der Waals surface area contributed by atoms with Crippen LogP contribution in [0.1, 0.15) is 11.6 Å². The molecule has 0 heterocycles. The first-order valence-corrected chi connectivity index (χ1v) is 5.58. The highest BCUT2D eigenvalue weighted by atomic mass is 79.9. The predicted octanol–water partition coefficient (Wildman–Crippen LogP) is 2.45. The monoisotopic (exact) mass is 301 g/mol. The SMILES string of the molecule is C#CCNC(C(=O)O)c1ccc(Cl)c(Br)c1. The van der Waals surface area contributed by atoms with Crippen molar-refractivity contribution in [1.82, 2.24) is 5.32 Å². The van der Waals surface area contributed by atoms with Crippen molar-refractivity contribution in [1.29, 1.82) is 0 Å². The number of carbonyl (C=O) groups is 1. The van der Waals surface area contributed by atoms with Crippen LogP contribution in [-0.4, -0.2) is 17.6 Å². The lowest BCUT2D eigenvalue weighted by Crippen LogP contribution is -2.28. The van der Waals surface area contributed by atoms with Crippen LogP contribution in [0.25, 0.3) is 0 Å². The number of benzene rings is 1. The molecule has 16 heavy (non-hydrogen) atoms. The largest absolute Gasteiger partial charge is 0.480 e. The van der Waals surface area contributed by atoms with Crippen LogP contribution in [0.2, 0.25) is 5.02 Å². The van der Waals surface area contributed by atoms with Gasteiger partial charge in [0.25, 0.3) is 0 Å². The summed E-state index contributed by atoms with van der Waals surface area (Å²) in [6, 6.07) is 4.11. The van der Waals surface area contributed by atoms with Crippen molar-refractivity contribution in [2.75, 3.05) is 6.54 Å². The van der Waals surface area contributed by atoms with Crippen molar-refractivity contribution in [3.63, 3.8) is 0 Å². The van der Waals surface area contributed by atoms with Gasteiger partial charge in [0.15, 0.2) is 0 Å². The zero-order valence-corrected chi connectivity index (χ0v) is 10.5. The molecule has 5 heteroatoms. The van der Waals surface area contributed by atoms with Gasteiger partial charge in [-0.2, -0.15) is 0 Å². The lowest BCUT2D eigenvalue weighted by Gasteiger charge is -2.13. The number of carboxylic acid groups (broad SMARTS) is 1. The molecule has 0 aliphatic rings. The Balaban J connectivity index is 2.97. The Hall–Kier alpha value is -1.02. The second kappa shape index (κ2) is 5.90. The van der Waals surface area contributed by atoms with Crippen molar-refractivity contribution >= 4 is 33.5 Å². The van der Waals surface area contributed by atoms with Gasteiger partial charge < -0.3 is 5.11 Å². The molecule has 0 saturated carbocycles. The molecule has 1 aromatic carbocycles. The molecule has 0 aliphatic heterocycles. The summed E-state index contributed by atoms with van der Waals surface area (Å²) < 4.78 is 0.653. The molecule has 1 rings (SSSR count). The molecule has 2 N–H and O–H groups in total. The zero-order valence-electron chi connectivity index (χ0n) is 8.21. The molecule has 0 aromatic heterocycles. The third-order valence-corrected chi connectivity index (χ3v) is 3.15. The van der Waals surface area contributed by atoms with Crippen molar-refractivity contribution in [3.8, 4) is 12.3 Å². The summed E-state index contributed by atoms with van der Waals surface area (Å²) in [6.45, 7) is 0.192. The minimum atomic E-state index is -0.982. The summed E-state index contributed by atoms with van der Waals surface area (Å²) in [4.78, 5) is 11.0. The van der Waals surface area contributed by atoms with Crippen LogP contribution in [0.5, 0.6) is 0 Å². The molecule has 0 saturated heterocycles. The Kier molecular flexibility index (Phi) is 4.81. The third-order valence-electron chi connectivity index (χ3n) is 1.93. The van der Waals surface area contributed by atoms with Gasteiger partial charge in [0, 0.05) is 4.47 Å². The van der Waals surface area contributed by atoms with Crippen molar-refractivity contribution in [2.45, 2.75) is 6.04 Å². The Labute approximate surface area is 107 Å². The summed E-state index contributed by atoms with van der Waals surface area (Å²) in [5.74, 6) is 1.35. The fourth-order valence-corrected chi connectivity index (χ4v) is 1.71. The van der Waals surface area contributed by atoms with E-state index in [-0.39, 0.29) is 6.54 Å². The van der Waals surface area contributed by atoms with E-state index in [0.717, 1.165) is 0 Å². The Morgan fingerprint density at radius 1 is 1.69 bits per heavy atom. The fraction of sp³-hybridized carbons (Fsp3) is 0.182. The first kappa shape index (κ1) is 13.0. The first-order valence-electron chi connectivity index (χ1n) is 4.41. The lowest BCUT2D eigenvalue weighted by molar-refractivity contribution is -0.139. The molecule has 84 valence electrons. The summed E-state index contributed by atoms with van der Waals surface area (Å²) in [5, 5.41) is 12.3. The normalized spacial score (nSPS) is 11.8. The number of nitrogens with one attached hydrogen (secondary N) is 1. The minimum Gasteiger partial charge on any atom is -0.480 e. The third kappa shape index (κ3) is 3.24. The maximum Gasteiger partial charge on any atom is 0.325 e. The van der Waals surface area contributed by atoms with Gasteiger partial charge in [0.2, 0.25) is 0 Å². The molecule has 1 atom stereocenters. The van der Waals surface area contributed by atoms with Gasteiger partial charge in [-0.05, 0) is 33.6 Å². The van der Waals surface area contributed by atoms with Gasteiger partial charge in [-0.1, -0.05) is 23.6 Å². The Bertz CT molecular complexity index is 442. The average molecular weight is 303 g/mol. The lowest BCUT2D eigenvalue weighted by atomic mass is 10.1. The molecule has 0 fully saturated rings. The fourth-order valence-electron chi connectivity index (χ4n) is 1.20. The average Bonchev–Trinajstić information content (AvgIpc) is 2.23. The maximum absolute atomic E-state index is 11.0. The number of halogens is 2. The number of aliphatic carboxylic acids is 1. The molecule has 1 unspecified atom stereocenters. The molecule has 0 aliphatic carbocycles. The topological polar surface area (TPSA) is 49.3 Å². The van der Waals surface area contributed by atoms with E-state index in [1.807, 2.05) is 0 Å². The Morgan fingerprint density at radius 2 is 2.38 bits per heavy atom. The number of rotatable bonds is 4. The van der Waals surface area contributed by atoms with Gasteiger partial charge in [-0.3, -0.25) is 10.1 Å². The minimum absolute atomic E-state index is 0.192. The van der Waals surface area contributed by atoms with E-state index in [1.54, 1.807) is 18.2 Å². The molecular weight excluding hydrogens is 293 g/mol. The molecule has 0 amide bonds. The summed E-state index contributed by atoms with van der Waals surface area (Å²) >= 11 is 9.06. The predicted molar refractivity (Wildman–Crippen MR) is 66.4 cm³/mol. The van der Waals surface area contributed by atoms with E-state index in [2.05, 4.69) is 27.2 Å². The quantitative estimate of drug-likeness (QED) is 0.840. The van der Waals surface area contributed by atoms with E-state index < -0.39 is 12.0 Å². The summed E-state index contributed by atoms with van der Waals surface area (Å²) in [7, 11) is 0. The zero-order chi connectivity index (χ0) is 12.1. The number of terminal acetylenes is 1. The molecule has 1 aromatic rings. The Morgan fingerprint density at radius 3 is 2.88 bits per heavy atom. The van der Waals surface area contributed by atoms with Crippen molar-refractivity contribution in [3.05, 3.63) is 33.3 Å². The summed E-state index contributed by atoms with van der Waals surface area (Å²) in [6.07, 6.45) is 5.07. The number of carboxylic acids is 1. The van der Waals surface area contributed by atoms with Crippen molar-refractivity contribution in [2.24, 2.45) is 0 Å².